The van der Waals surface area contributed by atoms with E-state index >= 15 is 0 Å². The molecule has 1 atom stereocenters. The fraction of sp³-hybridized carbons (Fsp3) is 0.500. The number of fused-ring (bicyclic) bond motifs is 1. The van der Waals surface area contributed by atoms with E-state index in [-0.39, 0.29) is 24.0 Å². The minimum Gasteiger partial charge on any atom is -0.468 e. The first kappa shape index (κ1) is 18.8. The second-order valence-electron chi connectivity index (χ2n) is 6.22. The lowest BCUT2D eigenvalue weighted by molar-refractivity contribution is -0.153. The molecular weight excluding hydrogens is 362 g/mol. The van der Waals surface area contributed by atoms with Crippen molar-refractivity contribution in [2.24, 2.45) is 5.14 Å². The highest BCUT2D eigenvalue weighted by molar-refractivity contribution is 7.89. The molecule has 2 N–H and O–H groups in total. The summed E-state index contributed by atoms with van der Waals surface area (Å²) < 4.78 is 33.0. The minimum atomic E-state index is -3.78. The second-order valence-corrected chi connectivity index (χ2v) is 7.78. The summed E-state index contributed by atoms with van der Waals surface area (Å²) in [7, 11) is -2.48. The van der Waals surface area contributed by atoms with Gasteiger partial charge in [-0.25, -0.2) is 13.6 Å². The maximum Gasteiger partial charge on any atom is 0.325 e. The predicted octanol–water partition coefficient (Wildman–Crippen LogP) is -0.903. The van der Waals surface area contributed by atoms with Gasteiger partial charge < -0.3 is 14.4 Å². The van der Waals surface area contributed by atoms with Crippen LogP contribution in [-0.4, -0.2) is 71.2 Å². The van der Waals surface area contributed by atoms with Crippen molar-refractivity contribution >= 4 is 27.6 Å². The number of nitrogens with two attached hydrogens (primary N) is 1. The number of ether oxygens (including phenoxy) is 2. The van der Waals surface area contributed by atoms with Crippen LogP contribution in [-0.2, 0) is 35.5 Å². The van der Waals surface area contributed by atoms with Gasteiger partial charge in [0.05, 0.1) is 31.8 Å². The smallest absolute Gasteiger partial charge is 0.325 e. The lowest BCUT2D eigenvalue weighted by Gasteiger charge is -2.34. The molecule has 1 aromatic carbocycles. The van der Waals surface area contributed by atoms with Crippen molar-refractivity contribution in [2.75, 3.05) is 44.9 Å². The predicted molar refractivity (Wildman–Crippen MR) is 92.1 cm³/mol. The fourth-order valence-corrected chi connectivity index (χ4v) is 3.82. The Morgan fingerprint density at radius 1 is 1.35 bits per heavy atom. The zero-order valence-electron chi connectivity index (χ0n) is 14.4. The number of rotatable bonds is 4. The largest absolute Gasteiger partial charge is 0.468 e. The second kappa shape index (κ2) is 7.31. The van der Waals surface area contributed by atoms with Crippen LogP contribution in [0.3, 0.4) is 0 Å². The van der Waals surface area contributed by atoms with Crippen LogP contribution in [0, 0.1) is 0 Å². The number of hydrogen-bond donors (Lipinski definition) is 1. The molecule has 1 aromatic rings. The van der Waals surface area contributed by atoms with Crippen LogP contribution in [0.15, 0.2) is 23.1 Å². The number of anilines is 1. The lowest BCUT2D eigenvalue weighted by atomic mass is 10.2. The molecule has 2 aliphatic rings. The van der Waals surface area contributed by atoms with Crippen LogP contribution >= 0.6 is 0 Å². The molecule has 26 heavy (non-hydrogen) atoms. The first-order chi connectivity index (χ1) is 12.3. The Bertz CT molecular complexity index is 825. The van der Waals surface area contributed by atoms with Gasteiger partial charge in [0.25, 0.3) is 0 Å². The average Bonchev–Trinajstić information content (AvgIpc) is 3.04. The Morgan fingerprint density at radius 2 is 2.12 bits per heavy atom. The third-order valence-corrected chi connectivity index (χ3v) is 5.54. The Balaban J connectivity index is 1.75. The van der Waals surface area contributed by atoms with E-state index in [1.165, 1.54) is 19.2 Å². The first-order valence-corrected chi connectivity index (χ1v) is 9.71. The van der Waals surface area contributed by atoms with Gasteiger partial charge in [0.2, 0.25) is 15.9 Å². The van der Waals surface area contributed by atoms with Crippen LogP contribution in [0.25, 0.3) is 0 Å². The van der Waals surface area contributed by atoms with E-state index < -0.39 is 22.0 Å². The number of primary sulfonamides is 1. The quantitative estimate of drug-likeness (QED) is 0.669. The molecule has 0 aromatic heterocycles. The number of esters is 1. The summed E-state index contributed by atoms with van der Waals surface area (Å²) >= 11 is 0. The molecule has 0 aliphatic carbocycles. The molecule has 3 rings (SSSR count). The average molecular weight is 383 g/mol. The number of carbonyl (C=O) groups is 2. The molecular formula is C16H21N3O6S. The van der Waals surface area contributed by atoms with Crippen molar-refractivity contribution in [2.45, 2.75) is 17.4 Å². The number of nitrogens with zero attached hydrogens (tertiary/aromatic N) is 2. The summed E-state index contributed by atoms with van der Waals surface area (Å²) in [5.41, 5.74) is 1.43. The standard InChI is InChI=1S/C16H21N3O6S/c1-24-16(21)14-10-25-7-6-18(14)9-15(20)19-5-4-11-8-12(26(17,22)23)2-3-13(11)19/h2-3,8,14H,4-7,9-10H2,1H3,(H2,17,22,23). The van der Waals surface area contributed by atoms with Crippen molar-refractivity contribution in [3.8, 4) is 0 Å². The van der Waals surface area contributed by atoms with E-state index in [9.17, 15) is 18.0 Å². The maximum atomic E-state index is 12.8. The third-order valence-electron chi connectivity index (χ3n) is 4.63. The van der Waals surface area contributed by atoms with Crippen LogP contribution in [0.5, 0.6) is 0 Å². The van der Waals surface area contributed by atoms with Gasteiger partial charge in [-0.1, -0.05) is 0 Å². The van der Waals surface area contributed by atoms with Gasteiger partial charge >= 0.3 is 5.97 Å². The van der Waals surface area contributed by atoms with Gasteiger partial charge in [0.1, 0.15) is 6.04 Å². The zero-order valence-corrected chi connectivity index (χ0v) is 15.2. The van der Waals surface area contributed by atoms with Crippen LogP contribution < -0.4 is 10.0 Å². The molecule has 9 nitrogen and oxygen atoms in total. The molecule has 1 saturated heterocycles. The Hall–Kier alpha value is -2.01. The zero-order chi connectivity index (χ0) is 18.9. The summed E-state index contributed by atoms with van der Waals surface area (Å²) in [5.74, 6) is -0.597. The lowest BCUT2D eigenvalue weighted by Crippen LogP contribution is -2.53. The van der Waals surface area contributed by atoms with Crippen molar-refractivity contribution in [3.05, 3.63) is 23.8 Å². The Kier molecular flexibility index (Phi) is 5.28. The number of benzene rings is 1. The number of amides is 1. The van der Waals surface area contributed by atoms with Crippen LogP contribution in [0.4, 0.5) is 5.69 Å². The molecule has 2 heterocycles. The van der Waals surface area contributed by atoms with Gasteiger partial charge in [-0.15, -0.1) is 0 Å². The Morgan fingerprint density at radius 3 is 2.81 bits per heavy atom. The molecule has 0 saturated carbocycles. The number of sulfonamides is 1. The molecule has 1 unspecified atom stereocenters. The van der Waals surface area contributed by atoms with E-state index in [0.29, 0.717) is 31.8 Å². The van der Waals surface area contributed by atoms with Crippen molar-refractivity contribution in [3.63, 3.8) is 0 Å². The summed E-state index contributed by atoms with van der Waals surface area (Å²) in [6.07, 6.45) is 0.550. The van der Waals surface area contributed by atoms with Gasteiger partial charge in [-0.2, -0.15) is 0 Å². The fourth-order valence-electron chi connectivity index (χ4n) is 3.25. The molecule has 0 radical (unpaired) electrons. The molecule has 0 spiro atoms. The highest BCUT2D eigenvalue weighted by Crippen LogP contribution is 2.30. The van der Waals surface area contributed by atoms with Crippen LogP contribution in [0.2, 0.25) is 0 Å². The number of methoxy groups -OCH3 is 1. The van der Waals surface area contributed by atoms with E-state index in [2.05, 4.69) is 0 Å². The molecule has 10 heteroatoms. The van der Waals surface area contributed by atoms with Crippen molar-refractivity contribution in [1.82, 2.24) is 4.90 Å². The maximum absolute atomic E-state index is 12.8. The van der Waals surface area contributed by atoms with Gasteiger partial charge in [0, 0.05) is 18.8 Å². The topological polar surface area (TPSA) is 119 Å². The first-order valence-electron chi connectivity index (χ1n) is 8.17. The number of carbonyl (C=O) groups excluding carboxylic acids is 2. The molecule has 1 amide bonds. The van der Waals surface area contributed by atoms with Crippen molar-refractivity contribution < 1.29 is 27.5 Å². The van der Waals surface area contributed by atoms with E-state index in [4.69, 9.17) is 14.6 Å². The van der Waals surface area contributed by atoms with Gasteiger partial charge in [0.15, 0.2) is 0 Å². The van der Waals surface area contributed by atoms with Crippen molar-refractivity contribution in [1.29, 1.82) is 0 Å². The molecule has 1 fully saturated rings. The summed E-state index contributed by atoms with van der Waals surface area (Å²) in [6, 6.07) is 3.89. The van der Waals surface area contributed by atoms with E-state index in [1.807, 2.05) is 0 Å². The highest BCUT2D eigenvalue weighted by atomic mass is 32.2. The van der Waals surface area contributed by atoms with Crippen LogP contribution in [0.1, 0.15) is 5.56 Å². The minimum absolute atomic E-state index is 0.0319. The monoisotopic (exact) mass is 383 g/mol. The third kappa shape index (κ3) is 3.73. The highest BCUT2D eigenvalue weighted by Gasteiger charge is 2.34. The summed E-state index contributed by atoms with van der Waals surface area (Å²) in [4.78, 5) is 28.0. The SMILES string of the molecule is COC(=O)C1COCCN1CC(=O)N1CCc2cc(S(N)(=O)=O)ccc21. The van der Waals surface area contributed by atoms with Gasteiger partial charge in [-0.3, -0.25) is 14.5 Å². The Labute approximate surface area is 151 Å². The molecule has 142 valence electrons. The van der Waals surface area contributed by atoms with E-state index in [0.717, 1.165) is 5.56 Å². The number of hydrogen-bond acceptors (Lipinski definition) is 7. The number of morpholine rings is 1. The van der Waals surface area contributed by atoms with E-state index in [1.54, 1.807) is 15.9 Å². The summed E-state index contributed by atoms with van der Waals surface area (Å²) in [6.45, 7) is 1.59. The molecule has 0 bridgehead atoms. The van der Waals surface area contributed by atoms with Gasteiger partial charge in [-0.05, 0) is 30.2 Å². The normalized spacial score (nSPS) is 20.7. The summed E-state index contributed by atoms with van der Waals surface area (Å²) in [5, 5.41) is 5.16. The molecule has 2 aliphatic heterocycles.